The van der Waals surface area contributed by atoms with E-state index in [9.17, 15) is 9.18 Å². The lowest BCUT2D eigenvalue weighted by Gasteiger charge is -2.33. The molecule has 0 bridgehead atoms. The number of piperidine rings is 1. The van der Waals surface area contributed by atoms with E-state index < -0.39 is 5.82 Å². The molecule has 2 aromatic carbocycles. The van der Waals surface area contributed by atoms with E-state index in [-0.39, 0.29) is 17.5 Å². The molecule has 2 heterocycles. The van der Waals surface area contributed by atoms with Gasteiger partial charge in [-0.1, -0.05) is 41.1 Å². The molecule has 0 N–H and O–H groups in total. The second-order valence-corrected chi connectivity index (χ2v) is 6.82. The highest BCUT2D eigenvalue weighted by molar-refractivity contribution is 5.94. The smallest absolute Gasteiger partial charge is 0.257 e. The zero-order valence-corrected chi connectivity index (χ0v) is 15.1. The molecule has 0 radical (unpaired) electrons. The molecule has 138 valence electrons. The van der Waals surface area contributed by atoms with Crippen LogP contribution in [0.4, 0.5) is 4.39 Å². The van der Waals surface area contributed by atoms with Crippen molar-refractivity contribution in [2.24, 2.45) is 0 Å². The predicted molar refractivity (Wildman–Crippen MR) is 98.5 cm³/mol. The molecule has 0 unspecified atom stereocenters. The molecule has 0 spiro atoms. The zero-order valence-electron chi connectivity index (χ0n) is 15.1. The number of amides is 1. The summed E-state index contributed by atoms with van der Waals surface area (Å²) in [7, 11) is 0. The highest BCUT2D eigenvalue weighted by Gasteiger charge is 2.33. The van der Waals surface area contributed by atoms with Crippen LogP contribution in [0.15, 0.2) is 53.1 Å². The van der Waals surface area contributed by atoms with Gasteiger partial charge < -0.3 is 9.42 Å². The van der Waals surface area contributed by atoms with Gasteiger partial charge in [0.25, 0.3) is 5.91 Å². The third-order valence-electron chi connectivity index (χ3n) is 4.87. The first kappa shape index (κ1) is 17.4. The number of benzene rings is 2. The van der Waals surface area contributed by atoms with Crippen molar-refractivity contribution in [2.45, 2.75) is 32.2 Å². The fourth-order valence-electron chi connectivity index (χ4n) is 3.49. The zero-order chi connectivity index (χ0) is 18.8. The lowest BCUT2D eigenvalue weighted by Crippen LogP contribution is -2.39. The second-order valence-electron chi connectivity index (χ2n) is 6.82. The Kier molecular flexibility index (Phi) is 4.71. The van der Waals surface area contributed by atoms with E-state index in [2.05, 4.69) is 10.1 Å². The molecule has 1 aromatic heterocycles. The fourth-order valence-corrected chi connectivity index (χ4v) is 3.49. The molecule has 1 saturated heterocycles. The Bertz CT molecular complexity index is 969. The molecule has 1 fully saturated rings. The molecule has 1 aliphatic rings. The van der Waals surface area contributed by atoms with Crippen LogP contribution >= 0.6 is 0 Å². The van der Waals surface area contributed by atoms with E-state index in [0.29, 0.717) is 18.3 Å². The summed E-state index contributed by atoms with van der Waals surface area (Å²) in [6, 6.07) is 13.6. The number of carbonyl (C=O) groups is 1. The molecule has 3 aromatic rings. The Morgan fingerprint density at radius 3 is 2.85 bits per heavy atom. The Morgan fingerprint density at radius 2 is 2.04 bits per heavy atom. The molecule has 0 saturated carbocycles. The van der Waals surface area contributed by atoms with E-state index in [1.54, 1.807) is 17.0 Å². The van der Waals surface area contributed by atoms with E-state index in [4.69, 9.17) is 4.52 Å². The minimum Gasteiger partial charge on any atom is -0.337 e. The van der Waals surface area contributed by atoms with Crippen molar-refractivity contribution >= 4 is 5.91 Å². The molecule has 1 atom stereocenters. The third kappa shape index (κ3) is 3.47. The van der Waals surface area contributed by atoms with Gasteiger partial charge in [0.1, 0.15) is 11.9 Å². The molecule has 6 heteroatoms. The number of aryl methyl sites for hydroxylation is 1. The van der Waals surface area contributed by atoms with Crippen LogP contribution in [0, 0.1) is 12.7 Å². The number of likely N-dealkylation sites (tertiary alicyclic amines) is 1. The van der Waals surface area contributed by atoms with Crippen LogP contribution in [0.1, 0.15) is 47.1 Å². The summed E-state index contributed by atoms with van der Waals surface area (Å²) in [5.74, 6) is 0.0411. The van der Waals surface area contributed by atoms with Crippen LogP contribution in [-0.4, -0.2) is 27.5 Å². The quantitative estimate of drug-likeness (QED) is 0.683. The summed E-state index contributed by atoms with van der Waals surface area (Å²) in [5, 5.41) is 4.09. The minimum absolute atomic E-state index is 0.0721. The maximum atomic E-state index is 14.1. The number of halogens is 1. The van der Waals surface area contributed by atoms with Gasteiger partial charge in [-0.2, -0.15) is 4.98 Å². The van der Waals surface area contributed by atoms with Crippen LogP contribution in [0.2, 0.25) is 0 Å². The first-order chi connectivity index (χ1) is 13.1. The normalized spacial score (nSPS) is 17.1. The van der Waals surface area contributed by atoms with E-state index in [1.165, 1.54) is 12.1 Å². The van der Waals surface area contributed by atoms with Gasteiger partial charge >= 0.3 is 0 Å². The van der Waals surface area contributed by atoms with Crippen molar-refractivity contribution < 1.29 is 13.7 Å². The highest BCUT2D eigenvalue weighted by atomic mass is 19.1. The molecular formula is C21H20FN3O2. The topological polar surface area (TPSA) is 59.2 Å². The van der Waals surface area contributed by atoms with Gasteiger partial charge in [0.2, 0.25) is 11.7 Å². The van der Waals surface area contributed by atoms with E-state index in [1.807, 2.05) is 31.2 Å². The summed E-state index contributed by atoms with van der Waals surface area (Å²) in [6.45, 7) is 2.54. The SMILES string of the molecule is Cc1cccc(-c2noc([C@@H]3CCCCN3C(=O)c3ccccc3F)n2)c1. The summed E-state index contributed by atoms with van der Waals surface area (Å²) in [4.78, 5) is 19.1. The number of rotatable bonds is 3. The van der Waals surface area contributed by atoms with Gasteiger partial charge in [-0.15, -0.1) is 0 Å². The van der Waals surface area contributed by atoms with Gasteiger partial charge in [-0.25, -0.2) is 4.39 Å². The van der Waals surface area contributed by atoms with Crippen LogP contribution in [-0.2, 0) is 0 Å². The van der Waals surface area contributed by atoms with Gasteiger partial charge in [-0.05, 0) is 44.4 Å². The third-order valence-corrected chi connectivity index (χ3v) is 4.87. The van der Waals surface area contributed by atoms with Crippen molar-refractivity contribution in [1.29, 1.82) is 0 Å². The average molecular weight is 365 g/mol. The standard InChI is InChI=1S/C21H20FN3O2/c1-14-7-6-8-15(13-14)19-23-20(27-24-19)18-11-4-5-12-25(18)21(26)16-9-2-3-10-17(16)22/h2-3,6-10,13,18H,4-5,11-12H2,1H3/t18-/m0/s1. The van der Waals surface area contributed by atoms with Crippen molar-refractivity contribution in [3.63, 3.8) is 0 Å². The first-order valence-electron chi connectivity index (χ1n) is 9.09. The number of hydrogen-bond donors (Lipinski definition) is 0. The van der Waals surface area contributed by atoms with Gasteiger partial charge in [0.05, 0.1) is 5.56 Å². The molecule has 27 heavy (non-hydrogen) atoms. The largest absolute Gasteiger partial charge is 0.337 e. The maximum absolute atomic E-state index is 14.1. The number of aromatic nitrogens is 2. The van der Waals surface area contributed by atoms with Gasteiger partial charge in [0, 0.05) is 12.1 Å². The highest BCUT2D eigenvalue weighted by Crippen LogP contribution is 2.32. The Morgan fingerprint density at radius 1 is 1.19 bits per heavy atom. The summed E-state index contributed by atoms with van der Waals surface area (Å²) in [6.07, 6.45) is 2.54. The fraction of sp³-hybridized carbons (Fsp3) is 0.286. The van der Waals surface area contributed by atoms with Crippen LogP contribution in [0.5, 0.6) is 0 Å². The number of nitrogens with zero attached hydrogens (tertiary/aromatic N) is 3. The van der Waals surface area contributed by atoms with Crippen molar-refractivity contribution in [1.82, 2.24) is 15.0 Å². The lowest BCUT2D eigenvalue weighted by atomic mass is 10.0. The van der Waals surface area contributed by atoms with Gasteiger partial charge in [0.15, 0.2) is 0 Å². The van der Waals surface area contributed by atoms with Crippen LogP contribution in [0.3, 0.4) is 0 Å². The molecule has 5 nitrogen and oxygen atoms in total. The predicted octanol–water partition coefficient (Wildman–Crippen LogP) is 4.55. The van der Waals surface area contributed by atoms with Crippen LogP contribution in [0.25, 0.3) is 11.4 Å². The van der Waals surface area contributed by atoms with Crippen molar-refractivity contribution in [2.75, 3.05) is 6.54 Å². The molecule has 0 aliphatic carbocycles. The Labute approximate surface area is 156 Å². The number of hydrogen-bond acceptors (Lipinski definition) is 4. The Balaban J connectivity index is 1.64. The lowest BCUT2D eigenvalue weighted by molar-refractivity contribution is 0.0556. The van der Waals surface area contributed by atoms with Crippen molar-refractivity contribution in [3.05, 3.63) is 71.4 Å². The number of carbonyl (C=O) groups excluding carboxylic acids is 1. The summed E-state index contributed by atoms with van der Waals surface area (Å²) >= 11 is 0. The molecule has 4 rings (SSSR count). The second kappa shape index (κ2) is 7.31. The summed E-state index contributed by atoms with van der Waals surface area (Å²) < 4.78 is 19.6. The van der Waals surface area contributed by atoms with E-state index in [0.717, 1.165) is 30.4 Å². The minimum atomic E-state index is -0.516. The Hall–Kier alpha value is -3.02. The van der Waals surface area contributed by atoms with Crippen LogP contribution < -0.4 is 0 Å². The molecule has 1 aliphatic heterocycles. The molecular weight excluding hydrogens is 345 g/mol. The van der Waals surface area contributed by atoms with Crippen molar-refractivity contribution in [3.8, 4) is 11.4 Å². The average Bonchev–Trinajstić information content (AvgIpc) is 3.18. The molecule has 1 amide bonds. The first-order valence-corrected chi connectivity index (χ1v) is 9.09. The maximum Gasteiger partial charge on any atom is 0.257 e. The summed E-state index contributed by atoms with van der Waals surface area (Å²) in [5.41, 5.74) is 2.04. The van der Waals surface area contributed by atoms with Gasteiger partial charge in [-0.3, -0.25) is 4.79 Å². The monoisotopic (exact) mass is 365 g/mol. The van der Waals surface area contributed by atoms with E-state index >= 15 is 0 Å².